The Morgan fingerprint density at radius 2 is 1.67 bits per heavy atom. The third kappa shape index (κ3) is 2.76. The van der Waals surface area contributed by atoms with Gasteiger partial charge in [-0.05, 0) is 41.8 Å². The van der Waals surface area contributed by atoms with Gasteiger partial charge in [-0.25, -0.2) is 4.79 Å². The lowest BCUT2D eigenvalue weighted by molar-refractivity contribution is 1.13. The SMILES string of the molecule is Cc1c(Br)cccc1C(Br)c1cc2[nH]c(=O)[nH]c2cc1Br. The average molecular weight is 475 g/mol. The van der Waals surface area contributed by atoms with Crippen LogP contribution in [0.15, 0.2) is 44.1 Å². The molecule has 1 aromatic heterocycles. The number of imidazole rings is 1. The van der Waals surface area contributed by atoms with Crippen molar-refractivity contribution in [2.45, 2.75) is 11.8 Å². The Labute approximate surface area is 146 Å². The van der Waals surface area contributed by atoms with E-state index in [9.17, 15) is 4.79 Å². The first-order valence-corrected chi connectivity index (χ1v) is 8.78. The third-order valence-corrected chi connectivity index (χ3v) is 6.02. The number of alkyl halides is 1. The second kappa shape index (κ2) is 5.74. The first-order chi connectivity index (χ1) is 9.97. The van der Waals surface area contributed by atoms with Gasteiger partial charge in [0.15, 0.2) is 0 Å². The van der Waals surface area contributed by atoms with Gasteiger partial charge in [-0.1, -0.05) is 59.9 Å². The predicted octanol–water partition coefficient (Wildman–Crippen LogP) is 5.17. The second-order valence-corrected chi connectivity index (χ2v) is 7.44. The van der Waals surface area contributed by atoms with Gasteiger partial charge in [-0.2, -0.15) is 0 Å². The molecular weight excluding hydrogens is 464 g/mol. The summed E-state index contributed by atoms with van der Waals surface area (Å²) in [6.45, 7) is 2.08. The molecule has 2 N–H and O–H groups in total. The zero-order chi connectivity index (χ0) is 15.1. The lowest BCUT2D eigenvalue weighted by Gasteiger charge is -2.16. The normalized spacial score (nSPS) is 12.8. The minimum absolute atomic E-state index is 0.0344. The molecule has 0 aliphatic heterocycles. The van der Waals surface area contributed by atoms with Gasteiger partial charge in [0.1, 0.15) is 0 Å². The Hall–Kier alpha value is -0.850. The van der Waals surface area contributed by atoms with Crippen LogP contribution in [0.4, 0.5) is 0 Å². The van der Waals surface area contributed by atoms with E-state index in [2.05, 4.69) is 70.7 Å². The molecule has 1 atom stereocenters. The van der Waals surface area contributed by atoms with E-state index in [1.54, 1.807) is 0 Å². The Bertz CT molecular complexity index is 882. The van der Waals surface area contributed by atoms with Crippen LogP contribution in [0.3, 0.4) is 0 Å². The van der Waals surface area contributed by atoms with Crippen LogP contribution in [-0.2, 0) is 0 Å². The molecule has 3 rings (SSSR count). The van der Waals surface area contributed by atoms with Crippen LogP contribution in [0.2, 0.25) is 0 Å². The Morgan fingerprint density at radius 1 is 1.00 bits per heavy atom. The highest BCUT2D eigenvalue weighted by atomic mass is 79.9. The van der Waals surface area contributed by atoms with Gasteiger partial charge in [0.05, 0.1) is 15.9 Å². The van der Waals surface area contributed by atoms with E-state index in [-0.39, 0.29) is 10.5 Å². The molecular formula is C15H11Br3N2O. The molecule has 6 heteroatoms. The summed E-state index contributed by atoms with van der Waals surface area (Å²) in [5, 5.41) is 0. The van der Waals surface area contributed by atoms with Crippen LogP contribution >= 0.6 is 47.8 Å². The molecule has 0 bridgehead atoms. The Morgan fingerprint density at radius 3 is 2.38 bits per heavy atom. The lowest BCUT2D eigenvalue weighted by Crippen LogP contribution is -1.99. The van der Waals surface area contributed by atoms with Crippen molar-refractivity contribution >= 4 is 58.8 Å². The van der Waals surface area contributed by atoms with Crippen LogP contribution in [-0.4, -0.2) is 9.97 Å². The largest absolute Gasteiger partial charge is 0.323 e. The minimum Gasteiger partial charge on any atom is -0.306 e. The number of hydrogen-bond acceptors (Lipinski definition) is 1. The standard InChI is InChI=1S/C15H11Br3N2O/c1-7-8(3-2-4-10(7)16)14(18)9-5-12-13(6-11(9)17)20-15(21)19-12/h2-6,14H,1H3,(H2,19,20,21). The van der Waals surface area contributed by atoms with Crippen molar-refractivity contribution < 1.29 is 0 Å². The van der Waals surface area contributed by atoms with E-state index in [4.69, 9.17) is 0 Å². The van der Waals surface area contributed by atoms with Crippen molar-refractivity contribution in [1.82, 2.24) is 9.97 Å². The monoisotopic (exact) mass is 472 g/mol. The summed E-state index contributed by atoms with van der Waals surface area (Å²) in [6, 6.07) is 10.0. The number of aromatic nitrogens is 2. The maximum absolute atomic E-state index is 11.4. The highest BCUT2D eigenvalue weighted by Gasteiger charge is 2.18. The summed E-state index contributed by atoms with van der Waals surface area (Å²) >= 11 is 10.9. The molecule has 1 heterocycles. The first kappa shape index (κ1) is 15.1. The number of halogens is 3. The Balaban J connectivity index is 2.16. The molecule has 0 radical (unpaired) electrons. The van der Waals surface area contributed by atoms with Crippen molar-refractivity contribution in [2.24, 2.45) is 0 Å². The van der Waals surface area contributed by atoms with Crippen molar-refractivity contribution in [3.05, 3.63) is 66.5 Å². The Kier molecular flexibility index (Phi) is 4.12. The van der Waals surface area contributed by atoms with Crippen LogP contribution in [0.25, 0.3) is 11.0 Å². The molecule has 0 aliphatic carbocycles. The number of hydrogen-bond donors (Lipinski definition) is 2. The highest BCUT2D eigenvalue weighted by Crippen LogP contribution is 2.39. The summed E-state index contributed by atoms with van der Waals surface area (Å²) in [6.07, 6.45) is 0. The van der Waals surface area contributed by atoms with Crippen LogP contribution in [0, 0.1) is 6.92 Å². The molecule has 1 unspecified atom stereocenters. The van der Waals surface area contributed by atoms with Crippen LogP contribution < -0.4 is 5.69 Å². The lowest BCUT2D eigenvalue weighted by atomic mass is 10.00. The maximum atomic E-state index is 11.4. The molecule has 3 aromatic rings. The first-order valence-electron chi connectivity index (χ1n) is 6.28. The van der Waals surface area contributed by atoms with Crippen LogP contribution in [0.1, 0.15) is 21.5 Å². The van der Waals surface area contributed by atoms with E-state index >= 15 is 0 Å². The van der Waals surface area contributed by atoms with Gasteiger partial charge in [0.25, 0.3) is 0 Å². The number of fused-ring (bicyclic) bond motifs is 1. The van der Waals surface area contributed by atoms with Crippen molar-refractivity contribution in [3.63, 3.8) is 0 Å². The molecule has 0 saturated heterocycles. The number of rotatable bonds is 2. The number of nitrogens with one attached hydrogen (secondary N) is 2. The summed E-state index contributed by atoms with van der Waals surface area (Å²) in [5.41, 5.74) is 4.84. The molecule has 3 nitrogen and oxygen atoms in total. The fraction of sp³-hybridized carbons (Fsp3) is 0.133. The van der Waals surface area contributed by atoms with E-state index < -0.39 is 0 Å². The predicted molar refractivity (Wildman–Crippen MR) is 96.3 cm³/mol. The van der Waals surface area contributed by atoms with Gasteiger partial charge in [0.2, 0.25) is 0 Å². The summed E-state index contributed by atoms with van der Waals surface area (Å²) in [4.78, 5) is 17.0. The summed E-state index contributed by atoms with van der Waals surface area (Å²) in [7, 11) is 0. The van der Waals surface area contributed by atoms with E-state index in [0.717, 1.165) is 25.5 Å². The zero-order valence-corrected chi connectivity index (χ0v) is 15.8. The smallest absolute Gasteiger partial charge is 0.306 e. The number of aromatic amines is 2. The van der Waals surface area contributed by atoms with Gasteiger partial charge < -0.3 is 9.97 Å². The van der Waals surface area contributed by atoms with E-state index in [1.165, 1.54) is 11.1 Å². The molecule has 21 heavy (non-hydrogen) atoms. The average Bonchev–Trinajstić information content (AvgIpc) is 2.79. The van der Waals surface area contributed by atoms with Crippen molar-refractivity contribution in [3.8, 4) is 0 Å². The fourth-order valence-corrected chi connectivity index (χ4v) is 4.47. The fourth-order valence-electron chi connectivity index (χ4n) is 2.33. The van der Waals surface area contributed by atoms with Crippen LogP contribution in [0.5, 0.6) is 0 Å². The van der Waals surface area contributed by atoms with Gasteiger partial charge >= 0.3 is 5.69 Å². The second-order valence-electron chi connectivity index (χ2n) is 4.82. The molecule has 0 saturated carbocycles. The van der Waals surface area contributed by atoms with Crippen molar-refractivity contribution in [2.75, 3.05) is 0 Å². The molecule has 0 aliphatic rings. The van der Waals surface area contributed by atoms with E-state index in [1.807, 2.05) is 24.3 Å². The molecule has 0 amide bonds. The number of benzene rings is 2. The zero-order valence-electron chi connectivity index (χ0n) is 11.0. The molecule has 108 valence electrons. The summed E-state index contributed by atoms with van der Waals surface area (Å²) < 4.78 is 2.03. The maximum Gasteiger partial charge on any atom is 0.323 e. The minimum atomic E-state index is -0.196. The van der Waals surface area contributed by atoms with Gasteiger partial charge in [-0.15, -0.1) is 0 Å². The molecule has 0 spiro atoms. The van der Waals surface area contributed by atoms with E-state index in [0.29, 0.717) is 0 Å². The molecule has 2 aromatic carbocycles. The third-order valence-electron chi connectivity index (χ3n) is 3.49. The number of H-pyrrole nitrogens is 2. The molecule has 0 fully saturated rings. The quantitative estimate of drug-likeness (QED) is 0.494. The highest BCUT2D eigenvalue weighted by molar-refractivity contribution is 9.11. The topological polar surface area (TPSA) is 48.6 Å². The van der Waals surface area contributed by atoms with Gasteiger partial charge in [0, 0.05) is 8.95 Å². The van der Waals surface area contributed by atoms with Crippen molar-refractivity contribution in [1.29, 1.82) is 0 Å². The summed E-state index contributed by atoms with van der Waals surface area (Å²) in [5.74, 6) is 0. The van der Waals surface area contributed by atoms with Gasteiger partial charge in [-0.3, -0.25) is 0 Å².